The van der Waals surface area contributed by atoms with Gasteiger partial charge in [0.1, 0.15) is 5.82 Å². The van der Waals surface area contributed by atoms with Gasteiger partial charge in [0, 0.05) is 12.0 Å². The summed E-state index contributed by atoms with van der Waals surface area (Å²) in [6, 6.07) is 5.41. The van der Waals surface area contributed by atoms with Gasteiger partial charge in [0.2, 0.25) is 0 Å². The van der Waals surface area contributed by atoms with Gasteiger partial charge >= 0.3 is 5.76 Å². The Morgan fingerprint density at radius 2 is 2.22 bits per heavy atom. The standard InChI is InChI=1S/C12H11N3O3/c16-4-3-11-13-6-9(14-11)7-1-2-8-10(5-7)18-12(17)15-8/h1-2,5-6,16H,3-4H2,(H,13,14)(H,15,17). The van der Waals surface area contributed by atoms with Crippen molar-refractivity contribution < 1.29 is 9.52 Å². The van der Waals surface area contributed by atoms with Crippen LogP contribution in [0.15, 0.2) is 33.6 Å². The van der Waals surface area contributed by atoms with Gasteiger partial charge in [-0.3, -0.25) is 4.98 Å². The number of hydrogen-bond acceptors (Lipinski definition) is 4. The van der Waals surface area contributed by atoms with Crippen molar-refractivity contribution in [3.63, 3.8) is 0 Å². The molecule has 2 aromatic heterocycles. The highest BCUT2D eigenvalue weighted by Crippen LogP contribution is 2.21. The fourth-order valence-corrected chi connectivity index (χ4v) is 1.86. The first-order valence-electron chi connectivity index (χ1n) is 5.54. The maximum Gasteiger partial charge on any atom is 0.417 e. The molecule has 3 rings (SSSR count). The average molecular weight is 245 g/mol. The number of benzene rings is 1. The number of aliphatic hydroxyl groups is 1. The predicted octanol–water partition coefficient (Wildman–Crippen LogP) is 1.05. The van der Waals surface area contributed by atoms with E-state index in [0.717, 1.165) is 17.1 Å². The van der Waals surface area contributed by atoms with E-state index in [2.05, 4.69) is 15.0 Å². The van der Waals surface area contributed by atoms with Gasteiger partial charge in [-0.25, -0.2) is 9.78 Å². The van der Waals surface area contributed by atoms with Gasteiger partial charge in [-0.15, -0.1) is 0 Å². The molecule has 0 spiro atoms. The monoisotopic (exact) mass is 245 g/mol. The number of rotatable bonds is 3. The second kappa shape index (κ2) is 4.15. The number of H-pyrrole nitrogens is 2. The quantitative estimate of drug-likeness (QED) is 0.642. The normalized spacial score (nSPS) is 11.2. The average Bonchev–Trinajstić information content (AvgIpc) is 2.93. The number of nitrogens with zero attached hydrogens (tertiary/aromatic N) is 1. The highest BCUT2D eigenvalue weighted by Gasteiger charge is 2.06. The highest BCUT2D eigenvalue weighted by atomic mass is 16.4. The minimum Gasteiger partial charge on any atom is -0.408 e. The van der Waals surface area contributed by atoms with E-state index in [1.165, 1.54) is 0 Å². The Hall–Kier alpha value is -2.34. The Kier molecular flexibility index (Phi) is 2.49. The second-order valence-electron chi connectivity index (χ2n) is 3.94. The van der Waals surface area contributed by atoms with Crippen molar-refractivity contribution in [3.8, 4) is 11.3 Å². The SMILES string of the molecule is O=c1[nH]c2ccc(-c3cnc(CCO)[nH]3)cc2o1. The van der Waals surface area contributed by atoms with Crippen LogP contribution in [0.25, 0.3) is 22.4 Å². The Balaban J connectivity index is 2.04. The van der Waals surface area contributed by atoms with Gasteiger partial charge in [-0.2, -0.15) is 0 Å². The van der Waals surface area contributed by atoms with Gasteiger partial charge < -0.3 is 14.5 Å². The van der Waals surface area contributed by atoms with E-state index < -0.39 is 5.76 Å². The molecule has 6 heteroatoms. The number of hydrogen-bond donors (Lipinski definition) is 3. The summed E-state index contributed by atoms with van der Waals surface area (Å²) in [4.78, 5) is 20.9. The molecule has 0 amide bonds. The molecule has 0 fully saturated rings. The molecule has 0 unspecified atom stereocenters. The van der Waals surface area contributed by atoms with Crippen LogP contribution in [-0.2, 0) is 6.42 Å². The van der Waals surface area contributed by atoms with Crippen LogP contribution in [0.5, 0.6) is 0 Å². The zero-order valence-electron chi connectivity index (χ0n) is 9.43. The third-order valence-electron chi connectivity index (χ3n) is 2.71. The molecule has 0 bridgehead atoms. The number of oxazole rings is 1. The van der Waals surface area contributed by atoms with E-state index in [1.54, 1.807) is 18.3 Å². The molecule has 92 valence electrons. The molecule has 2 heterocycles. The predicted molar refractivity (Wildman–Crippen MR) is 65.2 cm³/mol. The third kappa shape index (κ3) is 1.82. The van der Waals surface area contributed by atoms with Crippen LogP contribution in [0.1, 0.15) is 5.82 Å². The van der Waals surface area contributed by atoms with Crippen molar-refractivity contribution in [2.45, 2.75) is 6.42 Å². The van der Waals surface area contributed by atoms with E-state index in [9.17, 15) is 4.79 Å². The van der Waals surface area contributed by atoms with Gasteiger partial charge in [0.15, 0.2) is 5.58 Å². The van der Waals surface area contributed by atoms with Crippen LogP contribution >= 0.6 is 0 Å². The number of aromatic amines is 2. The summed E-state index contributed by atoms with van der Waals surface area (Å²) in [5.74, 6) is 0.260. The number of aliphatic hydroxyl groups excluding tert-OH is 1. The fourth-order valence-electron chi connectivity index (χ4n) is 1.86. The van der Waals surface area contributed by atoms with Gasteiger partial charge in [-0.1, -0.05) is 6.07 Å². The van der Waals surface area contributed by atoms with Crippen LogP contribution in [0.4, 0.5) is 0 Å². The lowest BCUT2D eigenvalue weighted by Gasteiger charge is -1.96. The lowest BCUT2D eigenvalue weighted by molar-refractivity contribution is 0.297. The van der Waals surface area contributed by atoms with E-state index in [4.69, 9.17) is 9.52 Å². The molecule has 6 nitrogen and oxygen atoms in total. The van der Waals surface area contributed by atoms with Crippen molar-refractivity contribution in [2.75, 3.05) is 6.61 Å². The van der Waals surface area contributed by atoms with E-state index in [1.807, 2.05) is 6.07 Å². The van der Waals surface area contributed by atoms with Crippen molar-refractivity contribution in [2.24, 2.45) is 0 Å². The molecule has 0 radical (unpaired) electrons. The van der Waals surface area contributed by atoms with E-state index >= 15 is 0 Å². The Morgan fingerprint density at radius 1 is 1.33 bits per heavy atom. The lowest BCUT2D eigenvalue weighted by atomic mass is 10.1. The summed E-state index contributed by atoms with van der Waals surface area (Å²) in [6.45, 7) is 0.0542. The first-order chi connectivity index (χ1) is 8.76. The molecule has 0 aliphatic carbocycles. The minimum atomic E-state index is -0.465. The summed E-state index contributed by atoms with van der Waals surface area (Å²) in [6.07, 6.45) is 2.18. The molecule has 1 aromatic carbocycles. The fraction of sp³-hybridized carbons (Fsp3) is 0.167. The zero-order chi connectivity index (χ0) is 12.5. The number of imidazole rings is 1. The molecule has 18 heavy (non-hydrogen) atoms. The van der Waals surface area contributed by atoms with Crippen molar-refractivity contribution in [3.05, 3.63) is 40.8 Å². The molecule has 3 N–H and O–H groups in total. The molecule has 0 saturated heterocycles. The maximum absolute atomic E-state index is 11.1. The Bertz CT molecular complexity index is 738. The molecule has 3 aromatic rings. The molecule has 0 aliphatic rings. The maximum atomic E-state index is 11.1. The van der Waals surface area contributed by atoms with Crippen molar-refractivity contribution in [1.29, 1.82) is 0 Å². The van der Waals surface area contributed by atoms with Gasteiger partial charge in [0.25, 0.3) is 0 Å². The first-order valence-corrected chi connectivity index (χ1v) is 5.54. The molecular weight excluding hydrogens is 234 g/mol. The highest BCUT2D eigenvalue weighted by molar-refractivity contribution is 5.78. The van der Waals surface area contributed by atoms with E-state index in [0.29, 0.717) is 17.5 Å². The summed E-state index contributed by atoms with van der Waals surface area (Å²) >= 11 is 0. The summed E-state index contributed by atoms with van der Waals surface area (Å²) in [5.41, 5.74) is 2.88. The minimum absolute atomic E-state index is 0.0542. The van der Waals surface area contributed by atoms with Crippen molar-refractivity contribution >= 4 is 11.1 Å². The topological polar surface area (TPSA) is 94.9 Å². The molecule has 0 aliphatic heterocycles. The Morgan fingerprint density at radius 3 is 3.06 bits per heavy atom. The molecular formula is C12H11N3O3. The second-order valence-corrected chi connectivity index (χ2v) is 3.94. The smallest absolute Gasteiger partial charge is 0.408 e. The van der Waals surface area contributed by atoms with Crippen LogP contribution in [0.3, 0.4) is 0 Å². The van der Waals surface area contributed by atoms with Gasteiger partial charge in [0.05, 0.1) is 24.0 Å². The molecule has 0 atom stereocenters. The number of aromatic nitrogens is 3. The summed E-state index contributed by atoms with van der Waals surface area (Å²) in [5, 5.41) is 8.83. The first kappa shape index (κ1) is 10.8. The van der Waals surface area contributed by atoms with E-state index in [-0.39, 0.29) is 6.61 Å². The summed E-state index contributed by atoms with van der Waals surface area (Å²) in [7, 11) is 0. The largest absolute Gasteiger partial charge is 0.417 e. The van der Waals surface area contributed by atoms with Crippen LogP contribution < -0.4 is 5.76 Å². The van der Waals surface area contributed by atoms with Crippen LogP contribution in [-0.4, -0.2) is 26.7 Å². The lowest BCUT2D eigenvalue weighted by Crippen LogP contribution is -1.92. The third-order valence-corrected chi connectivity index (χ3v) is 2.71. The molecule has 0 saturated carbocycles. The summed E-state index contributed by atoms with van der Waals surface area (Å²) < 4.78 is 5.00. The van der Waals surface area contributed by atoms with Crippen molar-refractivity contribution in [1.82, 2.24) is 15.0 Å². The van der Waals surface area contributed by atoms with Crippen LogP contribution in [0.2, 0.25) is 0 Å². The van der Waals surface area contributed by atoms with Crippen LogP contribution in [0, 0.1) is 0 Å². The number of nitrogens with one attached hydrogen (secondary N) is 2. The Labute approximate surface area is 101 Å². The number of fused-ring (bicyclic) bond motifs is 1. The van der Waals surface area contributed by atoms with Gasteiger partial charge in [-0.05, 0) is 12.1 Å². The zero-order valence-corrected chi connectivity index (χ0v) is 9.43.